The highest BCUT2D eigenvalue weighted by Gasteiger charge is 2.23. The second-order valence-electron chi connectivity index (χ2n) is 7.97. The molecule has 0 radical (unpaired) electrons. The van der Waals surface area contributed by atoms with Crippen LogP contribution in [-0.4, -0.2) is 45.3 Å². The smallest absolute Gasteiger partial charge is 0.258 e. The summed E-state index contributed by atoms with van der Waals surface area (Å²) in [5.41, 5.74) is 2.68. The zero-order valence-electron chi connectivity index (χ0n) is 18.1. The van der Waals surface area contributed by atoms with Gasteiger partial charge in [-0.2, -0.15) is 0 Å². The number of nitrogens with one attached hydrogen (secondary N) is 1. The van der Waals surface area contributed by atoms with E-state index in [1.165, 1.54) is 11.1 Å². The van der Waals surface area contributed by atoms with Gasteiger partial charge >= 0.3 is 0 Å². The Hall–Kier alpha value is -3.19. The van der Waals surface area contributed by atoms with Gasteiger partial charge in [0.2, 0.25) is 0 Å². The molecular weight excluding hydrogens is 390 g/mol. The zero-order valence-corrected chi connectivity index (χ0v) is 18.1. The topological polar surface area (TPSA) is 72.3 Å². The Morgan fingerprint density at radius 2 is 1.84 bits per heavy atom. The lowest BCUT2D eigenvalue weighted by Crippen LogP contribution is -2.33. The van der Waals surface area contributed by atoms with Crippen LogP contribution in [0.2, 0.25) is 0 Å². The van der Waals surface area contributed by atoms with Crippen LogP contribution in [0.4, 0.5) is 0 Å². The zero-order chi connectivity index (χ0) is 21.6. The van der Waals surface area contributed by atoms with Gasteiger partial charge in [-0.1, -0.05) is 42.5 Å². The molecule has 31 heavy (non-hydrogen) atoms. The van der Waals surface area contributed by atoms with Crippen molar-refractivity contribution in [3.63, 3.8) is 0 Å². The van der Waals surface area contributed by atoms with Crippen LogP contribution in [-0.2, 0) is 24.3 Å². The van der Waals surface area contributed by atoms with Crippen LogP contribution in [0.25, 0.3) is 0 Å². The first-order valence-electron chi connectivity index (χ1n) is 10.8. The second-order valence-corrected chi connectivity index (χ2v) is 7.97. The number of ether oxygens (including phenoxy) is 1. The van der Waals surface area contributed by atoms with E-state index in [-0.39, 0.29) is 18.6 Å². The van der Waals surface area contributed by atoms with Gasteiger partial charge in [-0.05, 0) is 37.1 Å². The van der Waals surface area contributed by atoms with E-state index < -0.39 is 0 Å². The fourth-order valence-electron chi connectivity index (χ4n) is 3.91. The number of carbonyl (C=O) groups excluding carboxylic acids is 1. The number of aryl methyl sites for hydroxylation is 1. The third-order valence-electron chi connectivity index (χ3n) is 5.68. The van der Waals surface area contributed by atoms with Crippen LogP contribution in [0.5, 0.6) is 5.75 Å². The SMILES string of the molecule is Cc1ccccc1CN1CCc2nnc([C@@H](C)NC(=O)COc3ccccc3)n2CC1. The maximum atomic E-state index is 12.3. The van der Waals surface area contributed by atoms with E-state index in [9.17, 15) is 4.79 Å². The molecule has 7 nitrogen and oxygen atoms in total. The Morgan fingerprint density at radius 1 is 1.06 bits per heavy atom. The first-order valence-corrected chi connectivity index (χ1v) is 10.8. The molecule has 0 unspecified atom stereocenters. The second kappa shape index (κ2) is 9.75. The molecule has 1 aliphatic rings. The van der Waals surface area contributed by atoms with Crippen molar-refractivity contribution in [3.8, 4) is 5.75 Å². The number of carbonyl (C=O) groups is 1. The maximum absolute atomic E-state index is 12.3. The van der Waals surface area contributed by atoms with Crippen LogP contribution in [0.15, 0.2) is 54.6 Å². The molecule has 0 fully saturated rings. The summed E-state index contributed by atoms with van der Waals surface area (Å²) in [5.74, 6) is 2.27. The molecule has 0 saturated heterocycles. The number of nitrogens with zero attached hydrogens (tertiary/aromatic N) is 4. The predicted octanol–water partition coefficient (Wildman–Crippen LogP) is 2.90. The number of rotatable bonds is 7. The fraction of sp³-hybridized carbons (Fsp3) is 0.375. The Kier molecular flexibility index (Phi) is 6.62. The van der Waals surface area contributed by atoms with Gasteiger partial charge in [0.15, 0.2) is 12.4 Å². The van der Waals surface area contributed by atoms with Gasteiger partial charge in [-0.25, -0.2) is 0 Å². The molecule has 0 saturated carbocycles. The van der Waals surface area contributed by atoms with Gasteiger partial charge in [-0.15, -0.1) is 10.2 Å². The van der Waals surface area contributed by atoms with Crippen molar-refractivity contribution >= 4 is 5.91 Å². The summed E-state index contributed by atoms with van der Waals surface area (Å²) in [6.07, 6.45) is 0.844. The van der Waals surface area contributed by atoms with Crippen molar-refractivity contribution in [2.24, 2.45) is 0 Å². The monoisotopic (exact) mass is 419 g/mol. The molecule has 3 aromatic rings. The minimum absolute atomic E-state index is 0.0282. The summed E-state index contributed by atoms with van der Waals surface area (Å²) in [6, 6.07) is 17.6. The number of amides is 1. The lowest BCUT2D eigenvalue weighted by Gasteiger charge is -2.21. The van der Waals surface area contributed by atoms with Gasteiger partial charge in [-0.3, -0.25) is 9.69 Å². The van der Waals surface area contributed by atoms with Crippen LogP contribution in [0.1, 0.15) is 35.7 Å². The summed E-state index contributed by atoms with van der Waals surface area (Å²) in [6.45, 7) is 7.68. The van der Waals surface area contributed by atoms with E-state index >= 15 is 0 Å². The standard InChI is InChI=1S/C24H29N5O2/c1-18-8-6-7-9-20(18)16-28-13-12-22-26-27-24(29(22)15-14-28)19(2)25-23(30)17-31-21-10-4-3-5-11-21/h3-11,19H,12-17H2,1-2H3,(H,25,30)/t19-/m1/s1. The minimum atomic E-state index is -0.240. The molecular formula is C24H29N5O2. The van der Waals surface area contributed by atoms with E-state index in [1.807, 2.05) is 37.3 Å². The number of hydrogen-bond donors (Lipinski definition) is 1. The Balaban J connectivity index is 1.34. The third-order valence-corrected chi connectivity index (χ3v) is 5.68. The Labute approximate surface area is 183 Å². The van der Waals surface area contributed by atoms with Crippen LogP contribution in [0.3, 0.4) is 0 Å². The van der Waals surface area contributed by atoms with Crippen molar-refractivity contribution in [1.29, 1.82) is 0 Å². The highest BCUT2D eigenvalue weighted by atomic mass is 16.5. The molecule has 162 valence electrons. The highest BCUT2D eigenvalue weighted by molar-refractivity contribution is 5.77. The molecule has 7 heteroatoms. The van der Waals surface area contributed by atoms with Crippen molar-refractivity contribution in [2.75, 3.05) is 19.7 Å². The van der Waals surface area contributed by atoms with Gasteiger partial charge in [0, 0.05) is 32.6 Å². The van der Waals surface area contributed by atoms with E-state index in [1.54, 1.807) is 0 Å². The molecule has 0 spiro atoms. The lowest BCUT2D eigenvalue weighted by atomic mass is 10.1. The quantitative estimate of drug-likeness (QED) is 0.638. The summed E-state index contributed by atoms with van der Waals surface area (Å²) in [4.78, 5) is 14.8. The third kappa shape index (κ3) is 5.30. The Bertz CT molecular complexity index is 1020. The van der Waals surface area contributed by atoms with E-state index in [0.717, 1.165) is 44.2 Å². The molecule has 1 atom stereocenters. The maximum Gasteiger partial charge on any atom is 0.258 e. The van der Waals surface area contributed by atoms with Crippen molar-refractivity contribution in [2.45, 2.75) is 39.4 Å². The summed E-state index contributed by atoms with van der Waals surface area (Å²) >= 11 is 0. The molecule has 0 bridgehead atoms. The molecule has 1 N–H and O–H groups in total. The summed E-state index contributed by atoms with van der Waals surface area (Å²) in [7, 11) is 0. The van der Waals surface area contributed by atoms with Crippen molar-refractivity contribution in [1.82, 2.24) is 25.0 Å². The van der Waals surface area contributed by atoms with E-state index in [2.05, 4.69) is 56.2 Å². The van der Waals surface area contributed by atoms with Crippen LogP contribution < -0.4 is 10.1 Å². The number of fused-ring (bicyclic) bond motifs is 1. The van der Waals surface area contributed by atoms with Crippen molar-refractivity contribution in [3.05, 3.63) is 77.4 Å². The van der Waals surface area contributed by atoms with Gasteiger partial charge in [0.1, 0.15) is 11.6 Å². The minimum Gasteiger partial charge on any atom is -0.484 e. The highest BCUT2D eigenvalue weighted by Crippen LogP contribution is 2.18. The van der Waals surface area contributed by atoms with Crippen molar-refractivity contribution < 1.29 is 9.53 Å². The largest absolute Gasteiger partial charge is 0.484 e. The first-order chi connectivity index (χ1) is 15.1. The van der Waals surface area contributed by atoms with Gasteiger partial charge in [0.05, 0.1) is 6.04 Å². The Morgan fingerprint density at radius 3 is 2.65 bits per heavy atom. The van der Waals surface area contributed by atoms with E-state index in [0.29, 0.717) is 5.75 Å². The normalized spacial score (nSPS) is 15.0. The molecule has 2 aromatic carbocycles. The van der Waals surface area contributed by atoms with Gasteiger partial charge in [0.25, 0.3) is 5.91 Å². The average molecular weight is 420 g/mol. The predicted molar refractivity (Wildman–Crippen MR) is 119 cm³/mol. The molecule has 4 rings (SSSR count). The number of benzene rings is 2. The number of para-hydroxylation sites is 1. The van der Waals surface area contributed by atoms with Crippen LogP contribution in [0, 0.1) is 6.92 Å². The van der Waals surface area contributed by atoms with Crippen LogP contribution >= 0.6 is 0 Å². The summed E-state index contributed by atoms with van der Waals surface area (Å²) < 4.78 is 7.69. The van der Waals surface area contributed by atoms with Gasteiger partial charge < -0.3 is 14.6 Å². The first kappa shape index (κ1) is 21.1. The summed E-state index contributed by atoms with van der Waals surface area (Å²) in [5, 5.41) is 11.8. The molecule has 2 heterocycles. The lowest BCUT2D eigenvalue weighted by molar-refractivity contribution is -0.123. The molecule has 0 aliphatic carbocycles. The molecule has 1 aromatic heterocycles. The number of hydrogen-bond acceptors (Lipinski definition) is 5. The molecule has 1 aliphatic heterocycles. The fourth-order valence-corrected chi connectivity index (χ4v) is 3.91. The number of aromatic nitrogens is 3. The average Bonchev–Trinajstić information content (AvgIpc) is 3.09. The van der Waals surface area contributed by atoms with E-state index in [4.69, 9.17) is 4.74 Å². The molecule has 1 amide bonds.